The van der Waals surface area contributed by atoms with Crippen molar-refractivity contribution in [3.05, 3.63) is 52.1 Å². The van der Waals surface area contributed by atoms with Crippen molar-refractivity contribution in [2.45, 2.75) is 12.1 Å². The Kier molecular flexibility index (Phi) is 7.13. The largest absolute Gasteiger partial charge is 0.488 e. The lowest BCUT2D eigenvalue weighted by Crippen LogP contribution is -2.10. The third-order valence-electron chi connectivity index (χ3n) is 3.30. The van der Waals surface area contributed by atoms with Gasteiger partial charge in [0.25, 0.3) is 0 Å². The van der Waals surface area contributed by atoms with E-state index in [-0.39, 0.29) is 6.61 Å². The van der Waals surface area contributed by atoms with Crippen molar-refractivity contribution in [1.82, 2.24) is 20.2 Å². The Bertz CT molecular complexity index is 945. The van der Waals surface area contributed by atoms with Crippen LogP contribution in [-0.4, -0.2) is 39.6 Å². The molecular weight excluding hydrogens is 423 g/mol. The zero-order valence-electron chi connectivity index (χ0n) is 15.1. The third-order valence-corrected chi connectivity index (χ3v) is 4.38. The maximum Gasteiger partial charge on any atom is 0.241 e. The highest BCUT2D eigenvalue weighted by Crippen LogP contribution is 2.27. The van der Waals surface area contributed by atoms with E-state index in [1.807, 2.05) is 13.2 Å². The van der Waals surface area contributed by atoms with Crippen LogP contribution in [0.5, 0.6) is 23.4 Å². The quantitative estimate of drug-likeness (QED) is 0.280. The summed E-state index contributed by atoms with van der Waals surface area (Å²) in [5, 5.41) is 9.57. The molecule has 0 radical (unpaired) electrons. The Morgan fingerprint density at radius 2 is 1.64 bits per heavy atom. The molecule has 10 heteroatoms. The molecule has 28 heavy (non-hydrogen) atoms. The maximum absolute atomic E-state index is 6.04. The fourth-order valence-electron chi connectivity index (χ4n) is 2.09. The fourth-order valence-corrected chi connectivity index (χ4v) is 2.97. The predicted octanol–water partition coefficient (Wildman–Crippen LogP) is 4.85. The number of halogens is 2. The highest BCUT2D eigenvalue weighted by Gasteiger charge is 2.07. The first kappa shape index (κ1) is 20.4. The van der Waals surface area contributed by atoms with Gasteiger partial charge in [-0.3, -0.25) is 0 Å². The molecule has 0 unspecified atom stereocenters. The molecule has 146 valence electrons. The van der Waals surface area contributed by atoms with Gasteiger partial charge in [-0.25, -0.2) is 4.98 Å². The van der Waals surface area contributed by atoms with Gasteiger partial charge in [-0.1, -0.05) is 35.0 Å². The lowest BCUT2D eigenvalue weighted by atomic mass is 10.3. The van der Waals surface area contributed by atoms with Gasteiger partial charge in [0.15, 0.2) is 5.16 Å². The van der Waals surface area contributed by atoms with Crippen molar-refractivity contribution >= 4 is 35.0 Å². The molecule has 0 N–H and O–H groups in total. The second-order valence-electron chi connectivity index (χ2n) is 5.42. The molecule has 0 amide bonds. The van der Waals surface area contributed by atoms with Crippen molar-refractivity contribution < 1.29 is 14.2 Å². The van der Waals surface area contributed by atoms with Gasteiger partial charge in [0.05, 0.1) is 5.02 Å². The Labute approximate surface area is 176 Å². The van der Waals surface area contributed by atoms with Crippen molar-refractivity contribution in [2.75, 3.05) is 19.5 Å². The van der Waals surface area contributed by atoms with Gasteiger partial charge in [-0.2, -0.15) is 4.98 Å². The topological polar surface area (TPSA) is 79.2 Å². The van der Waals surface area contributed by atoms with Crippen molar-refractivity contribution in [2.24, 2.45) is 0 Å². The van der Waals surface area contributed by atoms with Crippen LogP contribution in [0.4, 0.5) is 0 Å². The second-order valence-corrected chi connectivity index (χ2v) is 7.03. The van der Waals surface area contributed by atoms with Gasteiger partial charge < -0.3 is 14.2 Å². The average molecular weight is 439 g/mol. The monoisotopic (exact) mass is 438 g/mol. The van der Waals surface area contributed by atoms with E-state index < -0.39 is 0 Å². The summed E-state index contributed by atoms with van der Waals surface area (Å²) >= 11 is 13.3. The molecule has 0 aliphatic rings. The smallest absolute Gasteiger partial charge is 0.241 e. The first-order valence-corrected chi connectivity index (χ1v) is 10.1. The van der Waals surface area contributed by atoms with Gasteiger partial charge in [-0.15, -0.1) is 10.2 Å². The van der Waals surface area contributed by atoms with Crippen LogP contribution < -0.4 is 14.2 Å². The normalized spacial score (nSPS) is 10.6. The SMILES string of the molecule is CSc1nc(C)cc(Oc2ccc(OCCOc3ccc(Cl)cc3Cl)nn2)n1. The average Bonchev–Trinajstić information content (AvgIpc) is 2.67. The molecule has 0 bridgehead atoms. The number of rotatable bonds is 8. The van der Waals surface area contributed by atoms with Crippen molar-refractivity contribution in [3.63, 3.8) is 0 Å². The molecule has 0 aliphatic heterocycles. The summed E-state index contributed by atoms with van der Waals surface area (Å²) in [7, 11) is 0. The molecule has 2 heterocycles. The van der Waals surface area contributed by atoms with Gasteiger partial charge in [0.2, 0.25) is 17.6 Å². The molecular formula is C18H16Cl2N4O3S. The third kappa shape index (κ3) is 5.85. The molecule has 0 saturated carbocycles. The summed E-state index contributed by atoms with van der Waals surface area (Å²) in [5.41, 5.74) is 0.808. The van der Waals surface area contributed by atoms with Crippen LogP contribution in [0.25, 0.3) is 0 Å². The minimum absolute atomic E-state index is 0.274. The number of hydrogen-bond donors (Lipinski definition) is 0. The van der Waals surface area contributed by atoms with Crippen LogP contribution in [0.2, 0.25) is 10.0 Å². The highest BCUT2D eigenvalue weighted by atomic mass is 35.5. The van der Waals surface area contributed by atoms with Gasteiger partial charge >= 0.3 is 0 Å². The van der Waals surface area contributed by atoms with Gasteiger partial charge in [-0.05, 0) is 31.4 Å². The molecule has 1 aromatic carbocycles. The van der Waals surface area contributed by atoms with Crippen LogP contribution >= 0.6 is 35.0 Å². The van der Waals surface area contributed by atoms with Crippen molar-refractivity contribution in [3.8, 4) is 23.4 Å². The van der Waals surface area contributed by atoms with Crippen molar-refractivity contribution in [1.29, 1.82) is 0 Å². The molecule has 3 aromatic rings. The van der Waals surface area contributed by atoms with Crippen LogP contribution in [0.1, 0.15) is 5.69 Å². The van der Waals surface area contributed by atoms with E-state index in [0.717, 1.165) is 5.69 Å². The van der Waals surface area contributed by atoms with E-state index in [4.69, 9.17) is 37.4 Å². The number of benzene rings is 1. The zero-order valence-corrected chi connectivity index (χ0v) is 17.4. The summed E-state index contributed by atoms with van der Waals surface area (Å²) in [6.07, 6.45) is 1.90. The van der Waals surface area contributed by atoms with E-state index >= 15 is 0 Å². The molecule has 0 atom stereocenters. The lowest BCUT2D eigenvalue weighted by molar-refractivity contribution is 0.210. The van der Waals surface area contributed by atoms with E-state index in [1.165, 1.54) is 11.8 Å². The molecule has 0 saturated heterocycles. The lowest BCUT2D eigenvalue weighted by Gasteiger charge is -2.09. The Hall–Kier alpha value is -2.29. The Morgan fingerprint density at radius 1 is 0.893 bits per heavy atom. The summed E-state index contributed by atoms with van der Waals surface area (Å²) in [6, 6.07) is 10.1. The summed E-state index contributed by atoms with van der Waals surface area (Å²) in [6.45, 7) is 2.44. The summed E-state index contributed by atoms with van der Waals surface area (Å²) in [4.78, 5) is 8.54. The number of aryl methyl sites for hydroxylation is 1. The fraction of sp³-hybridized carbons (Fsp3) is 0.222. The molecule has 2 aromatic heterocycles. The molecule has 0 aliphatic carbocycles. The number of ether oxygens (including phenoxy) is 3. The van der Waals surface area contributed by atoms with E-state index in [2.05, 4.69) is 20.2 Å². The number of aromatic nitrogens is 4. The van der Waals surface area contributed by atoms with Crippen LogP contribution in [0.15, 0.2) is 41.6 Å². The van der Waals surface area contributed by atoms with E-state index in [1.54, 1.807) is 36.4 Å². The predicted molar refractivity (Wildman–Crippen MR) is 108 cm³/mol. The highest BCUT2D eigenvalue weighted by molar-refractivity contribution is 7.98. The van der Waals surface area contributed by atoms with Crippen LogP contribution in [0, 0.1) is 6.92 Å². The molecule has 0 fully saturated rings. The maximum atomic E-state index is 6.04. The zero-order chi connectivity index (χ0) is 19.9. The van der Waals surface area contributed by atoms with Crippen LogP contribution in [0.3, 0.4) is 0 Å². The number of thioether (sulfide) groups is 1. The van der Waals surface area contributed by atoms with Gasteiger partial charge in [0, 0.05) is 28.9 Å². The standard InChI is InChI=1S/C18H16Cl2N4O3S/c1-11-9-17(22-18(21-11)28-2)27-16-6-5-15(23-24-16)26-8-7-25-14-4-3-12(19)10-13(14)20/h3-6,9-10H,7-8H2,1-2H3. The number of hydrogen-bond acceptors (Lipinski definition) is 8. The summed E-state index contributed by atoms with van der Waals surface area (Å²) in [5.74, 6) is 1.60. The van der Waals surface area contributed by atoms with E-state index in [9.17, 15) is 0 Å². The number of nitrogens with zero attached hydrogens (tertiary/aromatic N) is 4. The molecule has 3 rings (SSSR count). The first-order chi connectivity index (χ1) is 13.5. The Balaban J connectivity index is 1.50. The second kappa shape index (κ2) is 9.77. The van der Waals surface area contributed by atoms with Gasteiger partial charge in [0.1, 0.15) is 19.0 Å². The minimum atomic E-state index is 0.274. The molecule has 7 nitrogen and oxygen atoms in total. The first-order valence-electron chi connectivity index (χ1n) is 8.15. The summed E-state index contributed by atoms with van der Waals surface area (Å²) < 4.78 is 16.7. The molecule has 0 spiro atoms. The van der Waals surface area contributed by atoms with Crippen LogP contribution in [-0.2, 0) is 0 Å². The Morgan fingerprint density at radius 3 is 2.36 bits per heavy atom. The van der Waals surface area contributed by atoms with E-state index in [0.29, 0.717) is 45.2 Å². The minimum Gasteiger partial charge on any atom is -0.488 e.